The van der Waals surface area contributed by atoms with Gasteiger partial charge in [-0.15, -0.1) is 0 Å². The minimum absolute atomic E-state index is 0.0594. The maximum Gasteiger partial charge on any atom is 0.481 e. The molecule has 1 fully saturated rings. The molecule has 108 valence electrons. The molecule has 0 spiro atoms. The molecule has 1 rings (SSSR count). The maximum absolute atomic E-state index is 11.1. The summed E-state index contributed by atoms with van der Waals surface area (Å²) < 4.78 is 34.5. The predicted octanol–water partition coefficient (Wildman–Crippen LogP) is -0.759. The van der Waals surface area contributed by atoms with Gasteiger partial charge in [0.2, 0.25) is 0 Å². The minimum atomic E-state index is -5.14. The summed E-state index contributed by atoms with van der Waals surface area (Å²) in [6.45, 7) is -0.546. The first kappa shape index (κ1) is 16.6. The molecule has 0 saturated carbocycles. The quantitative estimate of drug-likeness (QED) is 0.391. The normalized spacial score (nSPS) is 33.1. The van der Waals surface area contributed by atoms with Crippen molar-refractivity contribution in [2.45, 2.75) is 24.5 Å². The third-order valence-electron chi connectivity index (χ3n) is 2.02. The van der Waals surface area contributed by atoms with E-state index in [-0.39, 0.29) is 21.0 Å². The van der Waals surface area contributed by atoms with Gasteiger partial charge in [0.1, 0.15) is 6.10 Å². The van der Waals surface area contributed by atoms with Gasteiger partial charge in [0.25, 0.3) is 0 Å². The van der Waals surface area contributed by atoms with Gasteiger partial charge in [0.15, 0.2) is 0 Å². The van der Waals surface area contributed by atoms with Crippen molar-refractivity contribution >= 4 is 24.4 Å². The molecule has 13 heteroatoms. The zero-order chi connectivity index (χ0) is 14.0. The van der Waals surface area contributed by atoms with Crippen molar-refractivity contribution in [1.29, 1.82) is 0 Å². The van der Waals surface area contributed by atoms with Crippen LogP contribution in [0.15, 0.2) is 0 Å². The molecule has 0 amide bonds. The molecule has 1 saturated heterocycles. The fourth-order valence-corrected chi connectivity index (χ4v) is 3.54. The highest BCUT2D eigenvalue weighted by molar-refractivity contribution is 7.60. The number of hydrogen-bond acceptors (Lipinski definition) is 7. The Morgan fingerprint density at radius 1 is 1.39 bits per heavy atom. The van der Waals surface area contributed by atoms with Crippen molar-refractivity contribution in [2.75, 3.05) is 6.61 Å². The van der Waals surface area contributed by atoms with E-state index in [9.17, 15) is 14.2 Å². The molecule has 0 aromatic heterocycles. The van der Waals surface area contributed by atoms with Gasteiger partial charge in [-0.1, -0.05) is 0 Å². The zero-order valence-corrected chi connectivity index (χ0v) is 11.7. The van der Waals surface area contributed by atoms with Gasteiger partial charge in [0.05, 0.1) is 18.6 Å². The van der Waals surface area contributed by atoms with E-state index in [2.05, 4.69) is 8.83 Å². The van der Waals surface area contributed by atoms with Gasteiger partial charge in [-0.3, -0.25) is 4.52 Å². The largest absolute Gasteiger partial charge is 0.481 e. The zero-order valence-electron chi connectivity index (χ0n) is 8.95. The highest BCUT2D eigenvalue weighted by Gasteiger charge is 2.38. The molecule has 1 aliphatic heterocycles. The summed E-state index contributed by atoms with van der Waals surface area (Å²) in [5, 5.41) is 9.50. The van der Waals surface area contributed by atoms with Crippen LogP contribution in [0.2, 0.25) is 0 Å². The van der Waals surface area contributed by atoms with Gasteiger partial charge >= 0.3 is 15.6 Å². The Bertz CT molecular complexity index is 371. The van der Waals surface area contributed by atoms with Crippen molar-refractivity contribution in [3.63, 3.8) is 0 Å². The van der Waals surface area contributed by atoms with Crippen LogP contribution in [0.3, 0.4) is 0 Å². The monoisotopic (exact) mass is 325 g/mol. The fraction of sp³-hybridized carbons (Fsp3) is 1.00. The first-order valence-corrected chi connectivity index (χ1v) is 8.85. The van der Waals surface area contributed by atoms with Crippen LogP contribution in [0, 0.1) is 0 Å². The molecule has 1 aliphatic rings. The lowest BCUT2D eigenvalue weighted by atomic mass is 10.2. The second-order valence-corrected chi connectivity index (χ2v) is 7.28. The summed E-state index contributed by atoms with van der Waals surface area (Å²) in [5.74, 6) is -0.366. The smallest absolute Gasteiger partial charge is 0.390 e. The van der Waals surface area contributed by atoms with Crippen LogP contribution < -0.4 is 5.50 Å². The minimum Gasteiger partial charge on any atom is -0.390 e. The highest BCUT2D eigenvalue weighted by Crippen LogP contribution is 2.57. The van der Waals surface area contributed by atoms with Crippen LogP contribution in [0.5, 0.6) is 0 Å². The van der Waals surface area contributed by atoms with Crippen LogP contribution >= 0.6 is 24.4 Å². The Morgan fingerprint density at radius 2 is 2.00 bits per heavy atom. The van der Waals surface area contributed by atoms with E-state index in [0.717, 1.165) is 0 Å². The summed E-state index contributed by atoms with van der Waals surface area (Å²) in [6, 6.07) is 0. The summed E-state index contributed by atoms with van der Waals surface area (Å²) in [7, 11) is -10.1. The van der Waals surface area contributed by atoms with E-state index in [1.54, 1.807) is 0 Å². The Hall–Kier alpha value is 0.570. The van der Waals surface area contributed by atoms with E-state index < -0.39 is 34.5 Å². The number of rotatable bonds is 6. The Labute approximate surface area is 104 Å². The number of aliphatic hydroxyl groups is 1. The number of hydrogen-bond donors (Lipinski definition) is 5. The number of aliphatic hydroxyl groups excluding tert-OH is 1. The average Bonchev–Trinajstić information content (AvgIpc) is 2.53. The summed E-state index contributed by atoms with van der Waals surface area (Å²) in [6.07, 6.45) is -1.56. The lowest BCUT2D eigenvalue weighted by Crippen LogP contribution is -2.26. The molecule has 1 heterocycles. The molecular formula is C5H14NO9P3. The lowest BCUT2D eigenvalue weighted by molar-refractivity contribution is -0.00330. The maximum atomic E-state index is 11.1. The average molecular weight is 325 g/mol. The topological polar surface area (TPSA) is 169 Å². The molecule has 0 aliphatic carbocycles. The van der Waals surface area contributed by atoms with Gasteiger partial charge in [-0.25, -0.2) is 9.13 Å². The first-order valence-electron chi connectivity index (χ1n) is 4.67. The Kier molecular flexibility index (Phi) is 5.86. The molecular weight excluding hydrogens is 311 g/mol. The second-order valence-electron chi connectivity index (χ2n) is 3.47. The molecule has 0 aromatic carbocycles. The van der Waals surface area contributed by atoms with E-state index in [4.69, 9.17) is 24.9 Å². The summed E-state index contributed by atoms with van der Waals surface area (Å²) in [5.41, 5.74) is 5.34. The third kappa shape index (κ3) is 5.69. The van der Waals surface area contributed by atoms with E-state index in [1.165, 1.54) is 0 Å². The molecule has 3 unspecified atom stereocenters. The van der Waals surface area contributed by atoms with E-state index >= 15 is 0 Å². The number of phosphoric ester groups is 1. The molecule has 18 heavy (non-hydrogen) atoms. The summed E-state index contributed by atoms with van der Waals surface area (Å²) >= 11 is 0. The number of nitrogens with two attached hydrogens (primary N) is 1. The van der Waals surface area contributed by atoms with Crippen molar-refractivity contribution in [2.24, 2.45) is 5.50 Å². The molecule has 0 aromatic rings. The van der Waals surface area contributed by atoms with Gasteiger partial charge < -0.3 is 30.0 Å². The summed E-state index contributed by atoms with van der Waals surface area (Å²) in [4.78, 5) is 25.7. The lowest BCUT2D eigenvalue weighted by Gasteiger charge is -2.17. The predicted molar refractivity (Wildman–Crippen MR) is 60.7 cm³/mol. The van der Waals surface area contributed by atoms with Crippen LogP contribution in [0.1, 0.15) is 6.42 Å². The van der Waals surface area contributed by atoms with Gasteiger partial charge in [0, 0.05) is 6.42 Å². The number of phosphoric acid groups is 2. The molecule has 6 N–H and O–H groups in total. The SMILES string of the molecule is NP[C@H]1CC(O)[C@@H](COP(=O)(O)OP(=O)(O)O)O1. The van der Waals surface area contributed by atoms with Crippen LogP contribution in [-0.2, 0) is 22.7 Å². The van der Waals surface area contributed by atoms with E-state index in [0.29, 0.717) is 0 Å². The van der Waals surface area contributed by atoms with Crippen LogP contribution in [0.25, 0.3) is 0 Å². The Morgan fingerprint density at radius 3 is 2.44 bits per heavy atom. The number of ether oxygens (including phenoxy) is 1. The second kappa shape index (κ2) is 6.35. The van der Waals surface area contributed by atoms with Crippen LogP contribution in [-0.4, -0.2) is 44.4 Å². The van der Waals surface area contributed by atoms with Gasteiger partial charge in [-0.05, 0) is 8.73 Å². The third-order valence-corrected chi connectivity index (χ3v) is 4.92. The fourth-order valence-electron chi connectivity index (χ4n) is 1.31. The molecule has 0 radical (unpaired) electrons. The molecule has 5 atom stereocenters. The molecule has 0 bridgehead atoms. The van der Waals surface area contributed by atoms with Crippen molar-refractivity contribution in [3.8, 4) is 0 Å². The van der Waals surface area contributed by atoms with Crippen molar-refractivity contribution in [1.82, 2.24) is 0 Å². The van der Waals surface area contributed by atoms with Gasteiger partial charge in [-0.2, -0.15) is 4.31 Å². The van der Waals surface area contributed by atoms with E-state index in [1.807, 2.05) is 0 Å². The Balaban J connectivity index is 2.45. The standard InChI is InChI=1S/C5H14NO9P3/c6-16-5-1-3(7)4(14-5)2-13-18(11,12)15-17(8,9)10/h3-5,7,16H,1-2,6H2,(H,11,12)(H2,8,9,10)/t3?,4-,5+/m1/s1. The first-order chi connectivity index (χ1) is 8.13. The van der Waals surface area contributed by atoms with Crippen molar-refractivity contribution in [3.05, 3.63) is 0 Å². The van der Waals surface area contributed by atoms with Crippen molar-refractivity contribution < 1.29 is 42.5 Å². The highest BCUT2D eigenvalue weighted by atomic mass is 31.3. The van der Waals surface area contributed by atoms with Crippen LogP contribution in [0.4, 0.5) is 0 Å². The molecule has 10 nitrogen and oxygen atoms in total.